The van der Waals surface area contributed by atoms with Crippen LogP contribution in [0.1, 0.15) is 23.7 Å². The molecular weight excluding hydrogens is 309 g/mol. The first-order valence-corrected chi connectivity index (χ1v) is 7.25. The van der Waals surface area contributed by atoms with Gasteiger partial charge in [0.05, 0.1) is 12.5 Å². The lowest BCUT2D eigenvalue weighted by Gasteiger charge is -2.11. The van der Waals surface area contributed by atoms with Gasteiger partial charge in [0.1, 0.15) is 0 Å². The molecule has 0 heterocycles. The Balaban J connectivity index is 1.83. The van der Waals surface area contributed by atoms with Crippen molar-refractivity contribution < 1.29 is 9.90 Å². The Morgan fingerprint density at radius 1 is 1.00 bits per heavy atom. The third-order valence-corrected chi connectivity index (χ3v) is 3.54. The molecule has 0 spiro atoms. The first-order chi connectivity index (χ1) is 10.0. The minimum Gasteiger partial charge on any atom is -0.388 e. The summed E-state index contributed by atoms with van der Waals surface area (Å²) in [6.07, 6.45) is -0.831. The van der Waals surface area contributed by atoms with Crippen LogP contribution in [0.15, 0.2) is 48.5 Å². The lowest BCUT2D eigenvalue weighted by Crippen LogP contribution is -2.24. The van der Waals surface area contributed by atoms with Gasteiger partial charge >= 0.3 is 0 Å². The Kier molecular flexibility index (Phi) is 5.62. The van der Waals surface area contributed by atoms with Gasteiger partial charge in [-0.05, 0) is 35.4 Å². The van der Waals surface area contributed by atoms with Crippen LogP contribution < -0.4 is 5.32 Å². The first kappa shape index (κ1) is 15.8. The summed E-state index contributed by atoms with van der Waals surface area (Å²) in [6.45, 7) is 0.406. The zero-order valence-electron chi connectivity index (χ0n) is 11.2. The van der Waals surface area contributed by atoms with Crippen LogP contribution in [0.2, 0.25) is 10.0 Å². The Morgan fingerprint density at radius 2 is 1.52 bits per heavy atom. The Labute approximate surface area is 133 Å². The molecule has 110 valence electrons. The zero-order chi connectivity index (χ0) is 15.2. The van der Waals surface area contributed by atoms with E-state index in [0.717, 1.165) is 5.56 Å². The van der Waals surface area contributed by atoms with Gasteiger partial charge in [-0.3, -0.25) is 4.79 Å². The molecule has 0 saturated carbocycles. The maximum absolute atomic E-state index is 11.8. The second-order valence-corrected chi connectivity index (χ2v) is 5.55. The van der Waals surface area contributed by atoms with E-state index in [1.165, 1.54) is 0 Å². The predicted octanol–water partition coefficient (Wildman–Crippen LogP) is 3.73. The van der Waals surface area contributed by atoms with E-state index < -0.39 is 6.10 Å². The summed E-state index contributed by atoms with van der Waals surface area (Å²) in [5.41, 5.74) is 1.62. The molecule has 2 N–H and O–H groups in total. The van der Waals surface area contributed by atoms with Gasteiger partial charge < -0.3 is 10.4 Å². The summed E-state index contributed by atoms with van der Waals surface area (Å²) in [6, 6.07) is 14.0. The molecule has 3 nitrogen and oxygen atoms in total. The first-order valence-electron chi connectivity index (χ1n) is 6.49. The Morgan fingerprint density at radius 3 is 2.10 bits per heavy atom. The van der Waals surface area contributed by atoms with Crippen LogP contribution in [0.25, 0.3) is 0 Å². The van der Waals surface area contributed by atoms with Crippen LogP contribution >= 0.6 is 23.2 Å². The molecule has 0 fully saturated rings. The van der Waals surface area contributed by atoms with Crippen molar-refractivity contribution in [2.24, 2.45) is 0 Å². The molecule has 2 rings (SSSR count). The molecular formula is C16H15Cl2NO2. The van der Waals surface area contributed by atoms with Crippen molar-refractivity contribution in [3.63, 3.8) is 0 Å². The molecule has 0 aliphatic rings. The number of carbonyl (C=O) groups excluding carboxylic acids is 1. The summed E-state index contributed by atoms with van der Waals surface area (Å²) in [5.74, 6) is -0.215. The molecule has 1 unspecified atom stereocenters. The van der Waals surface area contributed by atoms with E-state index in [1.54, 1.807) is 36.4 Å². The van der Waals surface area contributed by atoms with Crippen molar-refractivity contribution in [1.82, 2.24) is 5.32 Å². The molecule has 5 heteroatoms. The van der Waals surface area contributed by atoms with E-state index in [2.05, 4.69) is 5.32 Å². The molecule has 21 heavy (non-hydrogen) atoms. The monoisotopic (exact) mass is 323 g/mol. The highest BCUT2D eigenvalue weighted by atomic mass is 35.5. The maximum Gasteiger partial charge on any atom is 0.223 e. The molecule has 0 bridgehead atoms. The van der Waals surface area contributed by atoms with Crippen molar-refractivity contribution in [2.45, 2.75) is 19.1 Å². The summed E-state index contributed by atoms with van der Waals surface area (Å²) >= 11 is 11.6. The van der Waals surface area contributed by atoms with Gasteiger partial charge in [-0.25, -0.2) is 0 Å². The van der Waals surface area contributed by atoms with Crippen molar-refractivity contribution >= 4 is 29.1 Å². The normalized spacial score (nSPS) is 12.0. The average Bonchev–Trinajstić information content (AvgIpc) is 2.47. The van der Waals surface area contributed by atoms with Crippen LogP contribution in [0.3, 0.4) is 0 Å². The van der Waals surface area contributed by atoms with E-state index in [4.69, 9.17) is 23.2 Å². The highest BCUT2D eigenvalue weighted by Gasteiger charge is 2.12. The van der Waals surface area contributed by atoms with Gasteiger partial charge in [0.2, 0.25) is 5.91 Å². The third-order valence-electron chi connectivity index (χ3n) is 3.04. The van der Waals surface area contributed by atoms with E-state index in [9.17, 15) is 9.90 Å². The van der Waals surface area contributed by atoms with Gasteiger partial charge in [0.15, 0.2) is 0 Å². The number of rotatable bonds is 5. The molecule has 1 atom stereocenters. The van der Waals surface area contributed by atoms with Crippen LogP contribution in [0, 0.1) is 0 Å². The highest BCUT2D eigenvalue weighted by Crippen LogP contribution is 2.19. The van der Waals surface area contributed by atoms with Crippen LogP contribution in [-0.4, -0.2) is 11.0 Å². The molecule has 0 radical (unpaired) electrons. The molecule has 1 amide bonds. The standard InChI is InChI=1S/C16H15Cl2NO2/c17-13-5-1-11(2-6-13)10-19-16(21)9-15(20)12-3-7-14(18)8-4-12/h1-8,15,20H,9-10H2,(H,19,21). The number of amides is 1. The number of halogens is 2. The van der Waals surface area contributed by atoms with Gasteiger partial charge in [-0.15, -0.1) is 0 Å². The number of aliphatic hydroxyl groups is 1. The molecule has 2 aromatic rings. The third kappa shape index (κ3) is 5.05. The maximum atomic E-state index is 11.8. The minimum atomic E-state index is -0.840. The number of carbonyl (C=O) groups is 1. The van der Waals surface area contributed by atoms with E-state index in [1.807, 2.05) is 12.1 Å². The molecule has 0 aromatic heterocycles. The largest absolute Gasteiger partial charge is 0.388 e. The van der Waals surface area contributed by atoms with Gasteiger partial charge in [0, 0.05) is 16.6 Å². The fraction of sp³-hybridized carbons (Fsp3) is 0.188. The average molecular weight is 324 g/mol. The quantitative estimate of drug-likeness (QED) is 0.880. The number of nitrogens with one attached hydrogen (secondary N) is 1. The molecule has 0 aliphatic heterocycles. The number of aliphatic hydroxyl groups excluding tert-OH is 1. The highest BCUT2D eigenvalue weighted by molar-refractivity contribution is 6.30. The summed E-state index contributed by atoms with van der Waals surface area (Å²) in [4.78, 5) is 11.8. The smallest absolute Gasteiger partial charge is 0.223 e. The topological polar surface area (TPSA) is 49.3 Å². The minimum absolute atomic E-state index is 0.00915. The summed E-state index contributed by atoms with van der Waals surface area (Å²) < 4.78 is 0. The second kappa shape index (κ2) is 7.46. The fourth-order valence-corrected chi connectivity index (χ4v) is 2.11. The van der Waals surface area contributed by atoms with Crippen LogP contribution in [0.5, 0.6) is 0 Å². The van der Waals surface area contributed by atoms with Crippen molar-refractivity contribution in [3.8, 4) is 0 Å². The van der Waals surface area contributed by atoms with Gasteiger partial charge in [-0.1, -0.05) is 47.5 Å². The van der Waals surface area contributed by atoms with Crippen molar-refractivity contribution in [1.29, 1.82) is 0 Å². The fourth-order valence-electron chi connectivity index (χ4n) is 1.85. The Bertz CT molecular complexity index is 597. The van der Waals surface area contributed by atoms with E-state index >= 15 is 0 Å². The lowest BCUT2D eigenvalue weighted by atomic mass is 10.1. The Hall–Kier alpha value is -1.55. The molecule has 0 saturated heterocycles. The predicted molar refractivity (Wildman–Crippen MR) is 84.3 cm³/mol. The zero-order valence-corrected chi connectivity index (χ0v) is 12.7. The van der Waals surface area contributed by atoms with Crippen LogP contribution in [-0.2, 0) is 11.3 Å². The van der Waals surface area contributed by atoms with Crippen molar-refractivity contribution in [2.75, 3.05) is 0 Å². The van der Waals surface area contributed by atoms with Crippen molar-refractivity contribution in [3.05, 3.63) is 69.7 Å². The number of hydrogen-bond acceptors (Lipinski definition) is 2. The van der Waals surface area contributed by atoms with Gasteiger partial charge in [0.25, 0.3) is 0 Å². The molecule has 2 aromatic carbocycles. The SMILES string of the molecule is O=C(CC(O)c1ccc(Cl)cc1)NCc1ccc(Cl)cc1. The summed E-state index contributed by atoms with van der Waals surface area (Å²) in [5, 5.41) is 14.0. The van der Waals surface area contributed by atoms with E-state index in [-0.39, 0.29) is 12.3 Å². The molecule has 0 aliphatic carbocycles. The van der Waals surface area contributed by atoms with E-state index in [0.29, 0.717) is 22.2 Å². The second-order valence-electron chi connectivity index (χ2n) is 4.67. The van der Waals surface area contributed by atoms with Gasteiger partial charge in [-0.2, -0.15) is 0 Å². The number of hydrogen-bond donors (Lipinski definition) is 2. The number of benzene rings is 2. The lowest BCUT2D eigenvalue weighted by molar-refractivity contribution is -0.123. The van der Waals surface area contributed by atoms with Crippen LogP contribution in [0.4, 0.5) is 0 Å². The summed E-state index contributed by atoms with van der Waals surface area (Å²) in [7, 11) is 0.